The number of methoxy groups -OCH3 is 2. The topological polar surface area (TPSA) is 74.6 Å². The van der Waals surface area contributed by atoms with Crippen molar-refractivity contribution in [1.29, 1.82) is 0 Å². The van der Waals surface area contributed by atoms with Crippen LogP contribution in [0.4, 0.5) is 11.4 Å². The Kier molecular flexibility index (Phi) is 13.5. The maximum atomic E-state index is 10.1. The van der Waals surface area contributed by atoms with Crippen molar-refractivity contribution < 1.29 is 24.4 Å². The monoisotopic (exact) mass is 688 g/mol. The second-order valence-electron chi connectivity index (χ2n) is 13.1. The van der Waals surface area contributed by atoms with Crippen molar-refractivity contribution in [3.8, 4) is 28.7 Å². The number of nitrogens with zero attached hydrogens (tertiary/aromatic N) is 2. The van der Waals surface area contributed by atoms with Crippen molar-refractivity contribution in [2.45, 2.75) is 65.7 Å². The Morgan fingerprint density at radius 2 is 1.06 bits per heavy atom. The quantitative estimate of drug-likeness (QED) is 0.0895. The fraction of sp³-hybridized carbons (Fsp3) is 0.318. The molecule has 0 saturated carbocycles. The van der Waals surface area contributed by atoms with Crippen LogP contribution in [0.1, 0.15) is 61.8 Å². The lowest BCUT2D eigenvalue weighted by Crippen LogP contribution is -2.24. The number of unbranched alkanes of at least 4 members (excludes halogenated alkanes) is 1. The summed E-state index contributed by atoms with van der Waals surface area (Å²) in [5, 5.41) is 20.2. The van der Waals surface area contributed by atoms with Crippen LogP contribution in [0.25, 0.3) is 0 Å². The van der Waals surface area contributed by atoms with Crippen molar-refractivity contribution in [3.63, 3.8) is 0 Å². The van der Waals surface area contributed by atoms with Crippen LogP contribution in [0.3, 0.4) is 0 Å². The van der Waals surface area contributed by atoms with Gasteiger partial charge in [-0.15, -0.1) is 0 Å². The lowest BCUT2D eigenvalue weighted by Gasteiger charge is -2.28. The highest BCUT2D eigenvalue weighted by Gasteiger charge is 2.17. The predicted molar refractivity (Wildman–Crippen MR) is 207 cm³/mol. The average Bonchev–Trinajstić information content (AvgIpc) is 3.15. The molecule has 0 bridgehead atoms. The normalized spacial score (nSPS) is 11.5. The van der Waals surface area contributed by atoms with Crippen LogP contribution in [0.2, 0.25) is 0 Å². The Labute approximate surface area is 303 Å². The summed E-state index contributed by atoms with van der Waals surface area (Å²) in [6.45, 7) is 7.57. The van der Waals surface area contributed by atoms with Crippen LogP contribution in [0.5, 0.6) is 28.7 Å². The molecule has 0 aliphatic heterocycles. The maximum Gasteiger partial charge on any atom is 0.123 e. The molecule has 0 aliphatic carbocycles. The van der Waals surface area contributed by atoms with Crippen molar-refractivity contribution >= 4 is 11.4 Å². The Morgan fingerprint density at radius 1 is 0.588 bits per heavy atom. The molecule has 5 aromatic rings. The van der Waals surface area contributed by atoms with E-state index in [0.29, 0.717) is 38.7 Å². The second-order valence-corrected chi connectivity index (χ2v) is 13.1. The van der Waals surface area contributed by atoms with E-state index in [9.17, 15) is 10.2 Å². The maximum absolute atomic E-state index is 10.1. The molecule has 0 saturated heterocycles. The van der Waals surface area contributed by atoms with Gasteiger partial charge in [-0.3, -0.25) is 0 Å². The molecule has 5 rings (SSSR count). The van der Waals surface area contributed by atoms with Gasteiger partial charge >= 0.3 is 0 Å². The summed E-state index contributed by atoms with van der Waals surface area (Å²) in [7, 11) is 3.40. The van der Waals surface area contributed by atoms with Gasteiger partial charge in [-0.05, 0) is 96.3 Å². The number of aromatic hydroxyl groups is 2. The van der Waals surface area contributed by atoms with E-state index in [1.165, 1.54) is 12.8 Å². The van der Waals surface area contributed by atoms with Gasteiger partial charge in [0, 0.05) is 48.7 Å². The highest BCUT2D eigenvalue weighted by atomic mass is 16.5. The van der Waals surface area contributed by atoms with Crippen molar-refractivity contribution in [3.05, 3.63) is 138 Å². The Morgan fingerprint density at radius 3 is 1.49 bits per heavy atom. The molecule has 0 fully saturated rings. The largest absolute Gasteiger partial charge is 0.508 e. The third-order valence-electron chi connectivity index (χ3n) is 9.34. The van der Waals surface area contributed by atoms with Gasteiger partial charge < -0.3 is 34.2 Å². The number of rotatable bonds is 19. The molecular weight excluding hydrogens is 636 g/mol. The SMILES string of the molecule is CCCCC(CC)COc1cc(CN(Cc2ccccc2OC)c2ccc(O)cc2)cc(CN(Cc2ccccc2OC)c2ccc(O)cc2)c1. The van der Waals surface area contributed by atoms with Crippen LogP contribution in [0.15, 0.2) is 115 Å². The zero-order valence-corrected chi connectivity index (χ0v) is 30.4. The van der Waals surface area contributed by atoms with E-state index in [2.05, 4.69) is 54.0 Å². The predicted octanol–water partition coefficient (Wildman–Crippen LogP) is 10.1. The molecule has 1 atom stereocenters. The third kappa shape index (κ3) is 10.6. The first-order chi connectivity index (χ1) is 24.9. The molecule has 2 N–H and O–H groups in total. The molecule has 51 heavy (non-hydrogen) atoms. The van der Waals surface area contributed by atoms with E-state index in [-0.39, 0.29) is 11.5 Å². The smallest absolute Gasteiger partial charge is 0.123 e. The molecule has 7 heteroatoms. The summed E-state index contributed by atoms with van der Waals surface area (Å²) < 4.78 is 18.1. The van der Waals surface area contributed by atoms with Crippen molar-refractivity contribution in [2.75, 3.05) is 30.6 Å². The molecule has 0 radical (unpaired) electrons. The summed E-state index contributed by atoms with van der Waals surface area (Å²) in [6, 6.07) is 37.5. The first-order valence-electron chi connectivity index (χ1n) is 18.0. The lowest BCUT2D eigenvalue weighted by atomic mass is 10.0. The molecule has 0 heterocycles. The summed E-state index contributed by atoms with van der Waals surface area (Å²) in [5.41, 5.74) is 6.32. The molecule has 268 valence electrons. The van der Waals surface area contributed by atoms with Gasteiger partial charge in [0.05, 0.1) is 20.8 Å². The minimum Gasteiger partial charge on any atom is -0.508 e. The minimum absolute atomic E-state index is 0.228. The first kappa shape index (κ1) is 37.0. The molecule has 0 aliphatic rings. The number of phenols is 2. The van der Waals surface area contributed by atoms with Crippen LogP contribution >= 0.6 is 0 Å². The first-order valence-corrected chi connectivity index (χ1v) is 18.0. The fourth-order valence-electron chi connectivity index (χ4n) is 6.43. The van der Waals surface area contributed by atoms with Gasteiger partial charge in [-0.1, -0.05) is 75.6 Å². The second kappa shape index (κ2) is 18.6. The van der Waals surface area contributed by atoms with Crippen molar-refractivity contribution in [1.82, 2.24) is 0 Å². The Balaban J connectivity index is 1.52. The van der Waals surface area contributed by atoms with E-state index in [0.717, 1.165) is 63.7 Å². The molecule has 0 spiro atoms. The van der Waals surface area contributed by atoms with Gasteiger partial charge in [0.2, 0.25) is 0 Å². The van der Waals surface area contributed by atoms with E-state index in [4.69, 9.17) is 14.2 Å². The van der Waals surface area contributed by atoms with Crippen molar-refractivity contribution in [2.24, 2.45) is 5.92 Å². The molecule has 0 amide bonds. The molecule has 1 unspecified atom stereocenters. The third-order valence-corrected chi connectivity index (χ3v) is 9.34. The van der Waals surface area contributed by atoms with E-state index in [1.54, 1.807) is 38.5 Å². The number of benzene rings is 5. The van der Waals surface area contributed by atoms with E-state index >= 15 is 0 Å². The van der Waals surface area contributed by atoms with Crippen LogP contribution in [0, 0.1) is 5.92 Å². The van der Waals surface area contributed by atoms with Gasteiger partial charge in [0.1, 0.15) is 28.7 Å². The van der Waals surface area contributed by atoms with Gasteiger partial charge in [0.25, 0.3) is 0 Å². The molecule has 0 aromatic heterocycles. The fourth-order valence-corrected chi connectivity index (χ4v) is 6.43. The standard InChI is InChI=1S/C44H52N2O5/c1-5-7-12-33(6-2)32-51-42-26-34(28-45(38-17-21-40(47)22-18-38)30-36-13-8-10-15-43(36)49-3)25-35(27-42)29-46(39-19-23-41(48)24-20-39)31-37-14-9-11-16-44(37)50-4/h8-11,13-27,33,47-48H,5-7,12,28-32H2,1-4H3. The lowest BCUT2D eigenvalue weighted by molar-refractivity contribution is 0.233. The number of para-hydroxylation sites is 2. The number of hydrogen-bond donors (Lipinski definition) is 2. The van der Waals surface area contributed by atoms with Crippen LogP contribution in [-0.2, 0) is 26.2 Å². The number of anilines is 2. The Hall–Kier alpha value is -5.30. The van der Waals surface area contributed by atoms with Gasteiger partial charge in [-0.2, -0.15) is 0 Å². The average molecular weight is 689 g/mol. The zero-order chi connectivity index (χ0) is 36.0. The molecular formula is C44H52N2O5. The highest BCUT2D eigenvalue weighted by Crippen LogP contribution is 2.31. The van der Waals surface area contributed by atoms with E-state index < -0.39 is 0 Å². The summed E-state index contributed by atoms with van der Waals surface area (Å²) in [6.07, 6.45) is 4.60. The molecule has 5 aromatic carbocycles. The Bertz CT molecular complexity index is 1670. The zero-order valence-electron chi connectivity index (χ0n) is 30.4. The van der Waals surface area contributed by atoms with E-state index in [1.807, 2.05) is 60.7 Å². The minimum atomic E-state index is 0.228. The van der Waals surface area contributed by atoms with Gasteiger partial charge in [-0.25, -0.2) is 0 Å². The highest BCUT2D eigenvalue weighted by molar-refractivity contribution is 5.53. The summed E-state index contributed by atoms with van der Waals surface area (Å²) in [4.78, 5) is 4.59. The number of hydrogen-bond acceptors (Lipinski definition) is 7. The molecule has 7 nitrogen and oxygen atoms in total. The van der Waals surface area contributed by atoms with Crippen LogP contribution in [-0.4, -0.2) is 31.0 Å². The summed E-state index contributed by atoms with van der Waals surface area (Å²) >= 11 is 0. The summed E-state index contributed by atoms with van der Waals surface area (Å²) in [5.74, 6) is 3.46. The van der Waals surface area contributed by atoms with Crippen LogP contribution < -0.4 is 24.0 Å². The van der Waals surface area contributed by atoms with Gasteiger partial charge in [0.15, 0.2) is 0 Å². The number of ether oxygens (including phenoxy) is 3. The number of phenolic OH excluding ortho intramolecular Hbond substituents is 2.